The number of carbonyl (C=O) groups is 2. The van der Waals surface area contributed by atoms with Crippen LogP contribution in [0.15, 0.2) is 48.7 Å². The monoisotopic (exact) mass is 438 g/mol. The first-order valence-corrected chi connectivity index (χ1v) is 10.5. The van der Waals surface area contributed by atoms with Crippen molar-refractivity contribution in [3.63, 3.8) is 0 Å². The lowest BCUT2D eigenvalue weighted by Crippen LogP contribution is -2.42. The number of ketones is 1. The highest BCUT2D eigenvalue weighted by atomic mass is 16.5. The lowest BCUT2D eigenvalue weighted by Gasteiger charge is -2.37. The van der Waals surface area contributed by atoms with Crippen molar-refractivity contribution in [2.75, 3.05) is 21.3 Å². The summed E-state index contributed by atoms with van der Waals surface area (Å²) in [6.07, 6.45) is 2.55. The number of allylic oxidation sites excluding steroid dienone is 1. The van der Waals surface area contributed by atoms with Gasteiger partial charge in [0.15, 0.2) is 17.3 Å². The summed E-state index contributed by atoms with van der Waals surface area (Å²) in [5.74, 6) is 1.10. The Morgan fingerprint density at radius 2 is 1.78 bits per heavy atom. The third-order valence-corrected chi connectivity index (χ3v) is 5.98. The van der Waals surface area contributed by atoms with Crippen LogP contribution in [0.1, 0.15) is 35.2 Å². The summed E-state index contributed by atoms with van der Waals surface area (Å²) < 4.78 is 27.4. The predicted molar refractivity (Wildman–Crippen MR) is 117 cm³/mol. The molecule has 4 rings (SSSR count). The molecule has 0 spiro atoms. The minimum atomic E-state index is -0.406. The first-order chi connectivity index (χ1) is 15.5. The van der Waals surface area contributed by atoms with Crippen LogP contribution in [0.25, 0.3) is 5.57 Å². The number of methoxy groups -OCH3 is 3. The molecule has 0 N–H and O–H groups in total. The number of hydrogen-bond donors (Lipinski definition) is 0. The van der Waals surface area contributed by atoms with E-state index in [1.807, 2.05) is 6.07 Å². The van der Waals surface area contributed by atoms with Crippen molar-refractivity contribution in [3.8, 4) is 17.2 Å². The van der Waals surface area contributed by atoms with Crippen LogP contribution in [0.2, 0.25) is 0 Å². The zero-order chi connectivity index (χ0) is 22.7. The third-order valence-electron chi connectivity index (χ3n) is 5.98. The summed E-state index contributed by atoms with van der Waals surface area (Å²) in [5, 5.41) is 0. The molecule has 1 fully saturated rings. The van der Waals surface area contributed by atoms with E-state index in [4.69, 9.17) is 23.7 Å². The van der Waals surface area contributed by atoms with Crippen molar-refractivity contribution in [2.45, 2.75) is 31.5 Å². The summed E-state index contributed by atoms with van der Waals surface area (Å²) in [4.78, 5) is 25.7. The van der Waals surface area contributed by atoms with Gasteiger partial charge in [-0.1, -0.05) is 12.1 Å². The molecule has 2 aromatic rings. The van der Waals surface area contributed by atoms with E-state index in [1.54, 1.807) is 57.7 Å². The number of Topliss-reactive ketones (excluding diaryl/α,β-unsaturated/α-hetero) is 1. The molecular formula is C25H26O7. The number of hydrogen-bond acceptors (Lipinski definition) is 7. The van der Waals surface area contributed by atoms with Crippen LogP contribution in [-0.4, -0.2) is 45.3 Å². The van der Waals surface area contributed by atoms with Gasteiger partial charge in [-0.15, -0.1) is 0 Å². The molecule has 7 nitrogen and oxygen atoms in total. The minimum absolute atomic E-state index is 0.0334. The van der Waals surface area contributed by atoms with Crippen LogP contribution in [-0.2, 0) is 14.3 Å². The Balaban J connectivity index is 1.44. The number of esters is 1. The van der Waals surface area contributed by atoms with E-state index < -0.39 is 5.97 Å². The highest BCUT2D eigenvalue weighted by molar-refractivity contribution is 6.22. The molecule has 1 heterocycles. The number of benzene rings is 2. The maximum Gasteiger partial charge on any atom is 0.338 e. The van der Waals surface area contributed by atoms with Crippen molar-refractivity contribution in [3.05, 3.63) is 59.9 Å². The van der Waals surface area contributed by atoms with E-state index in [-0.39, 0.29) is 23.9 Å². The molecule has 2 aromatic carbocycles. The highest BCUT2D eigenvalue weighted by Gasteiger charge is 2.41. The van der Waals surface area contributed by atoms with Crippen LogP contribution in [0.3, 0.4) is 0 Å². The largest absolute Gasteiger partial charge is 0.497 e. The van der Waals surface area contributed by atoms with Gasteiger partial charge in [0.1, 0.15) is 18.0 Å². The third kappa shape index (κ3) is 4.28. The first kappa shape index (κ1) is 21.7. The SMILES string of the molecule is COc1cccc(C(=O)OC2CCC3C(=O)C(c4ccc(OC)c(OC)c4)=COC3C2)c1. The average molecular weight is 438 g/mol. The summed E-state index contributed by atoms with van der Waals surface area (Å²) in [5.41, 5.74) is 1.67. The maximum absolute atomic E-state index is 13.2. The van der Waals surface area contributed by atoms with Gasteiger partial charge in [-0.3, -0.25) is 4.79 Å². The normalized spacial score (nSPS) is 22.2. The second-order valence-electron chi connectivity index (χ2n) is 7.82. The molecule has 3 unspecified atom stereocenters. The van der Waals surface area contributed by atoms with Crippen molar-refractivity contribution < 1.29 is 33.3 Å². The molecule has 168 valence electrons. The van der Waals surface area contributed by atoms with E-state index in [0.29, 0.717) is 47.6 Å². The molecule has 1 saturated carbocycles. The Labute approximate surface area is 186 Å². The smallest absolute Gasteiger partial charge is 0.338 e. The zero-order valence-electron chi connectivity index (χ0n) is 18.3. The molecule has 3 atom stereocenters. The average Bonchev–Trinajstić information content (AvgIpc) is 2.83. The number of ether oxygens (including phenoxy) is 5. The molecule has 1 aliphatic carbocycles. The van der Waals surface area contributed by atoms with Crippen LogP contribution >= 0.6 is 0 Å². The van der Waals surface area contributed by atoms with Gasteiger partial charge >= 0.3 is 5.97 Å². The molecule has 0 saturated heterocycles. The van der Waals surface area contributed by atoms with E-state index in [1.165, 1.54) is 6.26 Å². The van der Waals surface area contributed by atoms with Gasteiger partial charge in [0.05, 0.1) is 44.6 Å². The standard InChI is InChI=1S/C25H26O7/c1-28-17-6-4-5-16(11-17)25(27)32-18-8-9-19-22(13-18)31-14-20(24(19)26)15-7-10-21(29-2)23(12-15)30-3/h4-7,10-12,14,18-19,22H,8-9,13H2,1-3H3. The molecule has 1 aliphatic heterocycles. The van der Waals surface area contributed by atoms with Gasteiger partial charge in [-0.2, -0.15) is 0 Å². The second-order valence-corrected chi connectivity index (χ2v) is 7.82. The van der Waals surface area contributed by atoms with E-state index >= 15 is 0 Å². The van der Waals surface area contributed by atoms with Crippen molar-refractivity contribution in [1.82, 2.24) is 0 Å². The lowest BCUT2D eigenvalue weighted by atomic mass is 9.78. The Hall–Kier alpha value is -3.48. The molecule has 0 amide bonds. The number of carbonyl (C=O) groups excluding carboxylic acids is 2. The molecule has 7 heteroatoms. The predicted octanol–water partition coefficient (Wildman–Crippen LogP) is 4.05. The number of rotatable bonds is 6. The summed E-state index contributed by atoms with van der Waals surface area (Å²) in [6, 6.07) is 12.2. The quantitative estimate of drug-likeness (QED) is 0.630. The topological polar surface area (TPSA) is 80.3 Å². The molecule has 2 aliphatic rings. The summed E-state index contributed by atoms with van der Waals surface area (Å²) in [7, 11) is 4.67. The fourth-order valence-electron chi connectivity index (χ4n) is 4.25. The van der Waals surface area contributed by atoms with Gasteiger partial charge in [0.25, 0.3) is 0 Å². The molecular weight excluding hydrogens is 412 g/mol. The fourth-order valence-corrected chi connectivity index (χ4v) is 4.25. The van der Waals surface area contributed by atoms with Crippen LogP contribution in [0.5, 0.6) is 17.2 Å². The van der Waals surface area contributed by atoms with E-state index in [9.17, 15) is 9.59 Å². The maximum atomic E-state index is 13.2. The van der Waals surface area contributed by atoms with Gasteiger partial charge in [-0.25, -0.2) is 4.79 Å². The first-order valence-electron chi connectivity index (χ1n) is 10.5. The second kappa shape index (κ2) is 9.34. The van der Waals surface area contributed by atoms with Gasteiger partial charge < -0.3 is 23.7 Å². The molecule has 0 radical (unpaired) electrons. The Bertz CT molecular complexity index is 1040. The van der Waals surface area contributed by atoms with Gasteiger partial charge in [0, 0.05) is 6.42 Å². The fraction of sp³-hybridized carbons (Fsp3) is 0.360. The van der Waals surface area contributed by atoms with Crippen LogP contribution in [0, 0.1) is 5.92 Å². The molecule has 32 heavy (non-hydrogen) atoms. The van der Waals surface area contributed by atoms with Crippen LogP contribution in [0.4, 0.5) is 0 Å². The Morgan fingerprint density at radius 1 is 0.969 bits per heavy atom. The van der Waals surface area contributed by atoms with Crippen molar-refractivity contribution in [1.29, 1.82) is 0 Å². The van der Waals surface area contributed by atoms with Crippen LogP contribution < -0.4 is 14.2 Å². The Morgan fingerprint density at radius 3 is 2.53 bits per heavy atom. The Kier molecular flexibility index (Phi) is 6.35. The highest BCUT2D eigenvalue weighted by Crippen LogP contribution is 2.39. The van der Waals surface area contributed by atoms with Gasteiger partial charge in [-0.05, 0) is 48.7 Å². The lowest BCUT2D eigenvalue weighted by molar-refractivity contribution is -0.126. The van der Waals surface area contributed by atoms with E-state index in [0.717, 1.165) is 5.56 Å². The summed E-state index contributed by atoms with van der Waals surface area (Å²) >= 11 is 0. The molecule has 0 bridgehead atoms. The van der Waals surface area contributed by atoms with Crippen molar-refractivity contribution in [2.24, 2.45) is 5.92 Å². The minimum Gasteiger partial charge on any atom is -0.497 e. The summed E-state index contributed by atoms with van der Waals surface area (Å²) in [6.45, 7) is 0. The van der Waals surface area contributed by atoms with Gasteiger partial charge in [0.2, 0.25) is 0 Å². The molecule has 0 aromatic heterocycles. The number of fused-ring (bicyclic) bond motifs is 1. The zero-order valence-corrected chi connectivity index (χ0v) is 18.3. The van der Waals surface area contributed by atoms with Crippen molar-refractivity contribution >= 4 is 17.3 Å². The van der Waals surface area contributed by atoms with E-state index in [2.05, 4.69) is 0 Å².